The predicted molar refractivity (Wildman–Crippen MR) is 84.0 cm³/mol. The normalized spacial score (nSPS) is 18.8. The number of hydrogen-bond acceptors (Lipinski definition) is 4. The number of hydrogen-bond donors (Lipinski definition) is 1. The first-order valence-corrected chi connectivity index (χ1v) is 9.49. The summed E-state index contributed by atoms with van der Waals surface area (Å²) >= 11 is 0. The largest absolute Gasteiger partial charge is 0.434 e. The third kappa shape index (κ3) is 5.18. The molecule has 0 saturated carbocycles. The average Bonchev–Trinajstić information content (AvgIpc) is 2.90. The van der Waals surface area contributed by atoms with Crippen LogP contribution < -0.4 is 4.72 Å². The van der Waals surface area contributed by atoms with Gasteiger partial charge in [-0.2, -0.15) is 13.2 Å². The number of halogens is 3. The van der Waals surface area contributed by atoms with E-state index in [1.165, 1.54) is 7.05 Å². The maximum Gasteiger partial charge on any atom is 0.434 e. The van der Waals surface area contributed by atoms with Gasteiger partial charge >= 0.3 is 6.18 Å². The molecule has 2 rings (SSSR count). The Hall–Kier alpha value is -1.13. The molecule has 0 aliphatic carbocycles. The first-order valence-electron chi connectivity index (χ1n) is 7.83. The van der Waals surface area contributed by atoms with Crippen LogP contribution in [0.1, 0.15) is 24.4 Å². The second kappa shape index (κ2) is 7.40. The number of rotatable bonds is 7. The molecule has 2 heterocycles. The van der Waals surface area contributed by atoms with E-state index in [4.69, 9.17) is 0 Å². The fourth-order valence-corrected chi connectivity index (χ4v) is 3.67. The van der Waals surface area contributed by atoms with Gasteiger partial charge in [-0.15, -0.1) is 0 Å². The van der Waals surface area contributed by atoms with Gasteiger partial charge in [-0.25, -0.2) is 18.1 Å². The SMILES string of the molecule is CNS(=O)(=O)CCCN(C)C[C@@H]1CCc2nc(C(F)(F)F)cn2C1. The van der Waals surface area contributed by atoms with Crippen molar-refractivity contribution in [3.63, 3.8) is 0 Å². The van der Waals surface area contributed by atoms with Crippen molar-refractivity contribution < 1.29 is 21.6 Å². The van der Waals surface area contributed by atoms with Crippen LogP contribution in [0.5, 0.6) is 0 Å². The molecule has 1 aromatic heterocycles. The van der Waals surface area contributed by atoms with E-state index in [0.717, 1.165) is 19.2 Å². The highest BCUT2D eigenvalue weighted by atomic mass is 32.2. The summed E-state index contributed by atoms with van der Waals surface area (Å²) in [5, 5.41) is 0. The molecular weight excluding hydrogens is 345 g/mol. The highest BCUT2D eigenvalue weighted by molar-refractivity contribution is 7.89. The lowest BCUT2D eigenvalue weighted by Crippen LogP contribution is -2.33. The second-order valence-corrected chi connectivity index (χ2v) is 8.28. The van der Waals surface area contributed by atoms with Crippen LogP contribution in [-0.4, -0.2) is 55.8 Å². The molecule has 1 aromatic rings. The number of imidazole rings is 1. The fraction of sp³-hybridized carbons (Fsp3) is 0.786. The topological polar surface area (TPSA) is 67.2 Å². The monoisotopic (exact) mass is 368 g/mol. The number of aryl methyl sites for hydroxylation is 1. The Morgan fingerprint density at radius 3 is 2.79 bits per heavy atom. The molecule has 138 valence electrons. The highest BCUT2D eigenvalue weighted by Crippen LogP contribution is 2.30. The quantitative estimate of drug-likeness (QED) is 0.789. The molecule has 0 unspecified atom stereocenters. The number of sulfonamides is 1. The van der Waals surface area contributed by atoms with Crippen molar-refractivity contribution in [3.05, 3.63) is 17.7 Å². The van der Waals surface area contributed by atoms with Gasteiger partial charge in [-0.1, -0.05) is 0 Å². The van der Waals surface area contributed by atoms with Crippen molar-refractivity contribution in [2.45, 2.75) is 32.0 Å². The molecular formula is C14H23F3N4O2S. The van der Waals surface area contributed by atoms with Crippen molar-refractivity contribution in [2.24, 2.45) is 5.92 Å². The smallest absolute Gasteiger partial charge is 0.334 e. The molecule has 0 spiro atoms. The van der Waals surface area contributed by atoms with E-state index in [9.17, 15) is 21.6 Å². The third-order valence-electron chi connectivity index (χ3n) is 4.21. The molecule has 0 amide bonds. The first kappa shape index (κ1) is 19.2. The summed E-state index contributed by atoms with van der Waals surface area (Å²) < 4.78 is 64.7. The summed E-state index contributed by atoms with van der Waals surface area (Å²) in [6.07, 6.45) is -1.49. The number of aromatic nitrogens is 2. The predicted octanol–water partition coefficient (Wildman–Crippen LogP) is 1.34. The lowest BCUT2D eigenvalue weighted by atomic mass is 9.99. The van der Waals surface area contributed by atoms with Crippen LogP contribution in [0.15, 0.2) is 6.20 Å². The van der Waals surface area contributed by atoms with E-state index in [1.54, 1.807) is 4.57 Å². The molecule has 1 atom stereocenters. The van der Waals surface area contributed by atoms with Crippen LogP contribution in [-0.2, 0) is 29.2 Å². The van der Waals surface area contributed by atoms with Crippen LogP contribution in [0.2, 0.25) is 0 Å². The van der Waals surface area contributed by atoms with Gasteiger partial charge in [0.1, 0.15) is 5.82 Å². The molecule has 1 aliphatic rings. The Morgan fingerprint density at radius 2 is 2.17 bits per heavy atom. The van der Waals surface area contributed by atoms with Gasteiger partial charge < -0.3 is 9.47 Å². The second-order valence-electron chi connectivity index (χ2n) is 6.24. The van der Waals surface area contributed by atoms with Gasteiger partial charge in [-0.3, -0.25) is 0 Å². The standard InChI is InChI=1S/C14H23F3N4O2S/c1-18-24(22,23)7-3-6-20(2)8-11-4-5-13-19-12(14(15,16)17)10-21(13)9-11/h10-11,18H,3-9H2,1-2H3/t11-/m0/s1. The molecule has 6 nitrogen and oxygen atoms in total. The third-order valence-corrected chi connectivity index (χ3v) is 5.66. The minimum absolute atomic E-state index is 0.0686. The van der Waals surface area contributed by atoms with Gasteiger partial charge in [0, 0.05) is 25.7 Å². The minimum Gasteiger partial charge on any atom is -0.334 e. The van der Waals surface area contributed by atoms with Gasteiger partial charge in [0.25, 0.3) is 0 Å². The maximum absolute atomic E-state index is 12.7. The Labute approximate surface area is 140 Å². The van der Waals surface area contributed by atoms with Crippen LogP contribution in [0.25, 0.3) is 0 Å². The zero-order valence-corrected chi connectivity index (χ0v) is 14.6. The van der Waals surface area contributed by atoms with Crippen LogP contribution in [0.4, 0.5) is 13.2 Å². The summed E-state index contributed by atoms with van der Waals surface area (Å²) in [5.74, 6) is 0.791. The van der Waals surface area contributed by atoms with Gasteiger partial charge in [-0.05, 0) is 39.4 Å². The van der Waals surface area contributed by atoms with Gasteiger partial charge in [0.15, 0.2) is 5.69 Å². The summed E-state index contributed by atoms with van der Waals surface area (Å²) in [6, 6.07) is 0. The summed E-state index contributed by atoms with van der Waals surface area (Å²) in [6.45, 7) is 1.86. The Bertz CT molecular complexity index is 657. The van der Waals surface area contributed by atoms with E-state index in [1.807, 2.05) is 11.9 Å². The van der Waals surface area contributed by atoms with E-state index in [-0.39, 0.29) is 11.7 Å². The Balaban J connectivity index is 1.84. The summed E-state index contributed by atoms with van der Waals surface area (Å²) in [4.78, 5) is 5.70. The minimum atomic E-state index is -4.41. The molecule has 1 aliphatic heterocycles. The molecule has 0 aromatic carbocycles. The van der Waals surface area contributed by atoms with E-state index < -0.39 is 21.9 Å². The van der Waals surface area contributed by atoms with Crippen LogP contribution >= 0.6 is 0 Å². The molecule has 1 N–H and O–H groups in total. The van der Waals surface area contributed by atoms with E-state index in [0.29, 0.717) is 31.8 Å². The van der Waals surface area contributed by atoms with E-state index in [2.05, 4.69) is 9.71 Å². The van der Waals surface area contributed by atoms with Crippen molar-refractivity contribution in [1.29, 1.82) is 0 Å². The van der Waals surface area contributed by atoms with Crippen molar-refractivity contribution in [1.82, 2.24) is 19.2 Å². The molecule has 0 saturated heterocycles. The van der Waals surface area contributed by atoms with Crippen molar-refractivity contribution >= 4 is 10.0 Å². The van der Waals surface area contributed by atoms with E-state index >= 15 is 0 Å². The molecule has 0 bridgehead atoms. The number of nitrogens with one attached hydrogen (secondary N) is 1. The Morgan fingerprint density at radius 1 is 1.46 bits per heavy atom. The Kier molecular flexibility index (Phi) is 5.92. The van der Waals surface area contributed by atoms with Gasteiger partial charge in [0.2, 0.25) is 10.0 Å². The van der Waals surface area contributed by atoms with Crippen LogP contribution in [0.3, 0.4) is 0 Å². The summed E-state index contributed by atoms with van der Waals surface area (Å²) in [5.41, 5.74) is -0.830. The lowest BCUT2D eigenvalue weighted by molar-refractivity contribution is -0.141. The fourth-order valence-electron chi connectivity index (χ4n) is 2.96. The van der Waals surface area contributed by atoms with Crippen molar-refractivity contribution in [3.8, 4) is 0 Å². The average molecular weight is 368 g/mol. The summed E-state index contributed by atoms with van der Waals surface area (Å²) in [7, 11) is 0.0922. The van der Waals surface area contributed by atoms with Crippen LogP contribution in [0, 0.1) is 5.92 Å². The number of alkyl halides is 3. The zero-order valence-electron chi connectivity index (χ0n) is 13.8. The highest BCUT2D eigenvalue weighted by Gasteiger charge is 2.35. The molecule has 10 heteroatoms. The molecule has 0 radical (unpaired) electrons. The maximum atomic E-state index is 12.7. The number of fused-ring (bicyclic) bond motifs is 1. The molecule has 24 heavy (non-hydrogen) atoms. The first-order chi connectivity index (χ1) is 11.1. The number of nitrogens with zero attached hydrogens (tertiary/aromatic N) is 3. The lowest BCUT2D eigenvalue weighted by Gasteiger charge is -2.28. The van der Waals surface area contributed by atoms with Gasteiger partial charge in [0.05, 0.1) is 5.75 Å². The zero-order chi connectivity index (χ0) is 18.0. The van der Waals surface area contributed by atoms with Crippen molar-refractivity contribution in [2.75, 3.05) is 32.9 Å². The molecule has 0 fully saturated rings.